The van der Waals surface area contributed by atoms with Gasteiger partial charge in [0.05, 0.1) is 24.5 Å². The zero-order valence-corrected chi connectivity index (χ0v) is 18.9. The van der Waals surface area contributed by atoms with Crippen LogP contribution >= 0.6 is 0 Å². The van der Waals surface area contributed by atoms with Gasteiger partial charge in [-0.2, -0.15) is 0 Å². The van der Waals surface area contributed by atoms with Gasteiger partial charge in [-0.3, -0.25) is 9.59 Å². The van der Waals surface area contributed by atoms with Crippen molar-refractivity contribution >= 4 is 22.7 Å². The van der Waals surface area contributed by atoms with Gasteiger partial charge in [-0.15, -0.1) is 0 Å². The van der Waals surface area contributed by atoms with Gasteiger partial charge in [-0.1, -0.05) is 18.2 Å². The van der Waals surface area contributed by atoms with Crippen molar-refractivity contribution in [1.82, 2.24) is 24.8 Å². The van der Waals surface area contributed by atoms with Crippen LogP contribution in [0.2, 0.25) is 0 Å². The molecule has 2 fully saturated rings. The second kappa shape index (κ2) is 9.31. The van der Waals surface area contributed by atoms with E-state index in [1.165, 1.54) is 10.9 Å². The van der Waals surface area contributed by atoms with Crippen molar-refractivity contribution in [3.8, 4) is 0 Å². The maximum absolute atomic E-state index is 12.9. The van der Waals surface area contributed by atoms with Gasteiger partial charge in [-0.25, -0.2) is 9.97 Å². The lowest BCUT2D eigenvalue weighted by atomic mass is 10.1. The molecule has 2 saturated heterocycles. The van der Waals surface area contributed by atoms with E-state index in [9.17, 15) is 9.59 Å². The summed E-state index contributed by atoms with van der Waals surface area (Å²) in [5.74, 6) is 0.952. The van der Waals surface area contributed by atoms with Crippen molar-refractivity contribution < 1.29 is 14.3 Å². The third-order valence-electron chi connectivity index (χ3n) is 6.72. The first-order valence-electron chi connectivity index (χ1n) is 11.6. The fourth-order valence-corrected chi connectivity index (χ4v) is 4.76. The Bertz CT molecular complexity index is 1170. The summed E-state index contributed by atoms with van der Waals surface area (Å²) in [7, 11) is 0. The second-order valence-electron chi connectivity index (χ2n) is 8.82. The smallest absolute Gasteiger partial charge is 0.257 e. The van der Waals surface area contributed by atoms with Gasteiger partial charge >= 0.3 is 0 Å². The van der Waals surface area contributed by atoms with E-state index in [-0.39, 0.29) is 17.7 Å². The van der Waals surface area contributed by atoms with Crippen LogP contribution in [0.4, 0.5) is 0 Å². The number of carbonyl (C=O) groups is 2. The molecule has 0 saturated carbocycles. The molecule has 0 radical (unpaired) electrons. The molecule has 2 aliphatic heterocycles. The molecule has 4 heterocycles. The van der Waals surface area contributed by atoms with E-state index in [1.807, 2.05) is 36.2 Å². The number of likely N-dealkylation sites (tertiary alicyclic amines) is 1. The lowest BCUT2D eigenvalue weighted by molar-refractivity contribution is -0.130. The van der Waals surface area contributed by atoms with E-state index in [0.29, 0.717) is 57.1 Å². The number of aromatic nitrogens is 3. The molecule has 8 nitrogen and oxygen atoms in total. The highest BCUT2D eigenvalue weighted by molar-refractivity contribution is 5.95. The van der Waals surface area contributed by atoms with E-state index < -0.39 is 0 Å². The molecule has 0 bridgehead atoms. The van der Waals surface area contributed by atoms with Gasteiger partial charge in [0.1, 0.15) is 5.82 Å². The Morgan fingerprint density at radius 2 is 1.97 bits per heavy atom. The summed E-state index contributed by atoms with van der Waals surface area (Å²) in [6, 6.07) is 8.17. The number of H-pyrrole nitrogens is 1. The largest absolute Gasteiger partial charge is 0.378 e. The molecule has 2 aromatic heterocycles. The number of fused-ring (bicyclic) bond motifs is 1. The number of ether oxygens (including phenoxy) is 1. The number of morpholine rings is 1. The van der Waals surface area contributed by atoms with Crippen LogP contribution in [0, 0.1) is 6.92 Å². The highest BCUT2D eigenvalue weighted by atomic mass is 16.5. The van der Waals surface area contributed by atoms with Gasteiger partial charge < -0.3 is 19.5 Å². The monoisotopic (exact) mass is 447 g/mol. The minimum absolute atomic E-state index is 0.0390. The first-order valence-corrected chi connectivity index (χ1v) is 11.6. The predicted molar refractivity (Wildman–Crippen MR) is 124 cm³/mol. The number of amides is 2. The molecule has 1 N–H and O–H groups in total. The average Bonchev–Trinajstić information content (AvgIpc) is 3.50. The molecule has 172 valence electrons. The number of rotatable bonds is 5. The van der Waals surface area contributed by atoms with Crippen molar-refractivity contribution in [1.29, 1.82) is 0 Å². The summed E-state index contributed by atoms with van der Waals surface area (Å²) < 4.78 is 5.33. The molecule has 2 aliphatic rings. The number of nitrogens with zero attached hydrogens (tertiary/aromatic N) is 4. The zero-order chi connectivity index (χ0) is 22.8. The van der Waals surface area contributed by atoms with Crippen LogP contribution in [0.25, 0.3) is 10.9 Å². The molecule has 0 aliphatic carbocycles. The number of aromatic amines is 1. The Hall–Kier alpha value is -3.26. The molecular formula is C25H29N5O3. The number of carbonyl (C=O) groups excluding carboxylic acids is 2. The Labute approximate surface area is 193 Å². The van der Waals surface area contributed by atoms with E-state index in [4.69, 9.17) is 4.74 Å². The summed E-state index contributed by atoms with van der Waals surface area (Å²) in [4.78, 5) is 41.8. The van der Waals surface area contributed by atoms with Crippen molar-refractivity contribution in [2.75, 3.05) is 39.4 Å². The van der Waals surface area contributed by atoms with E-state index in [1.54, 1.807) is 11.1 Å². The van der Waals surface area contributed by atoms with Crippen molar-refractivity contribution in [2.24, 2.45) is 0 Å². The maximum atomic E-state index is 12.9. The van der Waals surface area contributed by atoms with Crippen LogP contribution in [0.1, 0.15) is 46.2 Å². The van der Waals surface area contributed by atoms with Crippen LogP contribution in [-0.4, -0.2) is 76.0 Å². The molecule has 8 heteroatoms. The summed E-state index contributed by atoms with van der Waals surface area (Å²) in [5, 5.41) is 1.18. The second-order valence-corrected chi connectivity index (χ2v) is 8.82. The topological polar surface area (TPSA) is 91.4 Å². The Morgan fingerprint density at radius 1 is 1.15 bits per heavy atom. The van der Waals surface area contributed by atoms with Crippen LogP contribution in [-0.2, 0) is 16.0 Å². The summed E-state index contributed by atoms with van der Waals surface area (Å²) >= 11 is 0. The molecule has 3 aromatic rings. The first kappa shape index (κ1) is 21.6. The highest BCUT2D eigenvalue weighted by Crippen LogP contribution is 2.27. The van der Waals surface area contributed by atoms with Crippen LogP contribution in [0.3, 0.4) is 0 Å². The predicted octanol–water partition coefficient (Wildman–Crippen LogP) is 2.69. The molecule has 0 unspecified atom stereocenters. The first-order chi connectivity index (χ1) is 16.1. The fourth-order valence-electron chi connectivity index (χ4n) is 4.76. The standard InChI is InChI=1S/C25H29N5O3/c1-17-21(25(32)29-10-12-33-13-11-29)15-27-24(28-17)19-8-9-30(16-19)23(31)7-6-18-14-26-22-5-3-2-4-20(18)22/h2-5,14-15,19,26H,6-13,16H2,1H3/t19-/m0/s1. The molecule has 33 heavy (non-hydrogen) atoms. The quantitative estimate of drug-likeness (QED) is 0.649. The Morgan fingerprint density at radius 3 is 2.79 bits per heavy atom. The third-order valence-corrected chi connectivity index (χ3v) is 6.72. The van der Waals surface area contributed by atoms with Crippen molar-refractivity contribution in [2.45, 2.75) is 32.1 Å². The summed E-state index contributed by atoms with van der Waals surface area (Å²) in [6.07, 6.45) is 5.70. The van der Waals surface area contributed by atoms with Crippen LogP contribution in [0.15, 0.2) is 36.7 Å². The fraction of sp³-hybridized carbons (Fsp3) is 0.440. The third kappa shape index (κ3) is 4.48. The van der Waals surface area contributed by atoms with Gasteiger partial charge in [0.2, 0.25) is 5.91 Å². The summed E-state index contributed by atoms with van der Waals surface area (Å²) in [5.41, 5.74) is 3.52. The van der Waals surface area contributed by atoms with Gasteiger partial charge in [0.15, 0.2) is 0 Å². The zero-order valence-electron chi connectivity index (χ0n) is 18.9. The molecule has 2 amide bonds. The SMILES string of the molecule is Cc1nc([C@H]2CCN(C(=O)CCc3c[nH]c4ccccc34)C2)ncc1C(=O)N1CCOCC1. The normalized spacial score (nSPS) is 18.8. The van der Waals surface area contributed by atoms with Crippen LogP contribution in [0.5, 0.6) is 0 Å². The van der Waals surface area contributed by atoms with E-state index in [2.05, 4.69) is 21.0 Å². The van der Waals surface area contributed by atoms with E-state index in [0.717, 1.165) is 24.2 Å². The Kier molecular flexibility index (Phi) is 6.09. The number of aryl methyl sites for hydroxylation is 2. The molecular weight excluding hydrogens is 418 g/mol. The van der Waals surface area contributed by atoms with Crippen molar-refractivity contribution in [3.05, 3.63) is 59.3 Å². The molecule has 1 atom stereocenters. The van der Waals surface area contributed by atoms with E-state index >= 15 is 0 Å². The summed E-state index contributed by atoms with van der Waals surface area (Å²) in [6.45, 7) is 5.53. The lowest BCUT2D eigenvalue weighted by Crippen LogP contribution is -2.41. The molecule has 0 spiro atoms. The van der Waals surface area contributed by atoms with Gasteiger partial charge in [-0.05, 0) is 31.4 Å². The number of nitrogens with one attached hydrogen (secondary N) is 1. The number of hydrogen-bond acceptors (Lipinski definition) is 5. The molecule has 1 aromatic carbocycles. The number of benzene rings is 1. The minimum atomic E-state index is -0.0390. The van der Waals surface area contributed by atoms with Crippen LogP contribution < -0.4 is 0 Å². The average molecular weight is 448 g/mol. The lowest BCUT2D eigenvalue weighted by Gasteiger charge is -2.27. The number of hydrogen-bond donors (Lipinski definition) is 1. The van der Waals surface area contributed by atoms with Crippen molar-refractivity contribution in [3.63, 3.8) is 0 Å². The maximum Gasteiger partial charge on any atom is 0.257 e. The number of para-hydroxylation sites is 1. The minimum Gasteiger partial charge on any atom is -0.378 e. The highest BCUT2D eigenvalue weighted by Gasteiger charge is 2.30. The van der Waals surface area contributed by atoms with Gasteiger partial charge in [0, 0.05) is 61.8 Å². The Balaban J connectivity index is 1.19. The van der Waals surface area contributed by atoms with Gasteiger partial charge in [0.25, 0.3) is 5.91 Å². The molecule has 5 rings (SSSR count).